The van der Waals surface area contributed by atoms with E-state index in [9.17, 15) is 9.59 Å². The van der Waals surface area contributed by atoms with Gasteiger partial charge in [0.1, 0.15) is 5.75 Å². The molecule has 0 radical (unpaired) electrons. The number of rotatable bonds is 7. The monoisotopic (exact) mass is 317 g/mol. The van der Waals surface area contributed by atoms with Crippen LogP contribution in [0.2, 0.25) is 0 Å². The van der Waals surface area contributed by atoms with E-state index in [2.05, 4.69) is 10.6 Å². The third-order valence-corrected chi connectivity index (χ3v) is 3.08. The van der Waals surface area contributed by atoms with Gasteiger partial charge in [0.2, 0.25) is 5.91 Å². The smallest absolute Gasteiger partial charge is 0.291 e. The van der Waals surface area contributed by atoms with E-state index in [1.807, 2.05) is 0 Å². The topological polar surface area (TPSA) is 107 Å². The number of anilines is 2. The molecule has 0 atom stereocenters. The second kappa shape index (κ2) is 8.00. The third kappa shape index (κ3) is 4.58. The number of nitrogens with two attached hydrogens (primary N) is 1. The molecular weight excluding hydrogens is 298 g/mol. The number of amides is 2. The standard InChI is InChI=1S/C16H19N3O4/c1-22-13-7-6-11(18-16(21)14-4-3-9-23-14)10-12(13)19-15(20)5-2-8-17/h3-4,6-7,9-10H,2,5,8,17H2,1H3,(H,18,21)(H,19,20). The molecule has 0 bridgehead atoms. The molecule has 0 aliphatic carbocycles. The van der Waals surface area contributed by atoms with Crippen LogP contribution in [0.5, 0.6) is 5.75 Å². The fourth-order valence-electron chi connectivity index (χ4n) is 1.96. The summed E-state index contributed by atoms with van der Waals surface area (Å²) in [6.45, 7) is 0.448. The maximum absolute atomic E-state index is 12.0. The second-order valence-electron chi connectivity index (χ2n) is 4.79. The fourth-order valence-corrected chi connectivity index (χ4v) is 1.96. The second-order valence-corrected chi connectivity index (χ2v) is 4.79. The Morgan fingerprint density at radius 3 is 2.74 bits per heavy atom. The summed E-state index contributed by atoms with van der Waals surface area (Å²) in [7, 11) is 1.51. The molecule has 7 nitrogen and oxygen atoms in total. The highest BCUT2D eigenvalue weighted by Crippen LogP contribution is 2.28. The summed E-state index contributed by atoms with van der Waals surface area (Å²) in [5.74, 6) is 0.167. The normalized spacial score (nSPS) is 10.2. The number of carbonyl (C=O) groups excluding carboxylic acids is 2. The Bertz CT molecular complexity index is 668. The van der Waals surface area contributed by atoms with Crippen molar-refractivity contribution >= 4 is 23.2 Å². The number of ether oxygens (including phenoxy) is 1. The average molecular weight is 317 g/mol. The molecule has 0 fully saturated rings. The summed E-state index contributed by atoms with van der Waals surface area (Å²) >= 11 is 0. The van der Waals surface area contributed by atoms with Gasteiger partial charge in [-0.3, -0.25) is 9.59 Å². The van der Waals surface area contributed by atoms with Crippen LogP contribution in [-0.2, 0) is 4.79 Å². The minimum atomic E-state index is -0.374. The van der Waals surface area contributed by atoms with Crippen LogP contribution in [-0.4, -0.2) is 25.5 Å². The first kappa shape index (κ1) is 16.6. The minimum Gasteiger partial charge on any atom is -0.495 e. The number of benzene rings is 1. The highest BCUT2D eigenvalue weighted by molar-refractivity contribution is 6.03. The lowest BCUT2D eigenvalue weighted by Crippen LogP contribution is -2.15. The van der Waals surface area contributed by atoms with Gasteiger partial charge >= 0.3 is 0 Å². The predicted octanol–water partition coefficient (Wildman–Crippen LogP) is 2.22. The van der Waals surface area contributed by atoms with Crippen molar-refractivity contribution in [2.75, 3.05) is 24.3 Å². The van der Waals surface area contributed by atoms with Crippen molar-refractivity contribution in [3.63, 3.8) is 0 Å². The van der Waals surface area contributed by atoms with E-state index in [1.54, 1.807) is 30.3 Å². The maximum Gasteiger partial charge on any atom is 0.291 e. The quantitative estimate of drug-likeness (QED) is 0.726. The molecule has 0 aliphatic heterocycles. The SMILES string of the molecule is COc1ccc(NC(=O)c2ccco2)cc1NC(=O)CCCN. The zero-order chi connectivity index (χ0) is 16.7. The zero-order valence-corrected chi connectivity index (χ0v) is 12.8. The highest BCUT2D eigenvalue weighted by atomic mass is 16.5. The lowest BCUT2D eigenvalue weighted by Gasteiger charge is -2.12. The first-order chi connectivity index (χ1) is 11.1. The van der Waals surface area contributed by atoms with Gasteiger partial charge in [0.05, 0.1) is 19.1 Å². The largest absolute Gasteiger partial charge is 0.495 e. The Morgan fingerprint density at radius 2 is 2.09 bits per heavy atom. The average Bonchev–Trinajstić information content (AvgIpc) is 3.08. The minimum absolute atomic E-state index is 0.164. The molecule has 1 heterocycles. The fraction of sp³-hybridized carbons (Fsp3) is 0.250. The number of methoxy groups -OCH3 is 1. The van der Waals surface area contributed by atoms with Gasteiger partial charge in [0.25, 0.3) is 5.91 Å². The van der Waals surface area contributed by atoms with E-state index < -0.39 is 0 Å². The number of carbonyl (C=O) groups is 2. The molecule has 0 spiro atoms. The van der Waals surface area contributed by atoms with E-state index in [1.165, 1.54) is 13.4 Å². The van der Waals surface area contributed by atoms with Gasteiger partial charge in [0.15, 0.2) is 5.76 Å². The van der Waals surface area contributed by atoms with Crippen LogP contribution in [0.1, 0.15) is 23.4 Å². The molecule has 2 aromatic rings. The Kier molecular flexibility index (Phi) is 5.76. The summed E-state index contributed by atoms with van der Waals surface area (Å²) in [4.78, 5) is 23.8. The van der Waals surface area contributed by atoms with Crippen LogP contribution >= 0.6 is 0 Å². The molecule has 2 rings (SSSR count). The van der Waals surface area contributed by atoms with Gasteiger partial charge in [-0.25, -0.2) is 0 Å². The molecule has 2 amide bonds. The molecule has 1 aromatic heterocycles. The van der Waals surface area contributed by atoms with E-state index in [0.717, 1.165) is 0 Å². The first-order valence-electron chi connectivity index (χ1n) is 7.17. The zero-order valence-electron chi connectivity index (χ0n) is 12.8. The van der Waals surface area contributed by atoms with Crippen molar-refractivity contribution in [2.45, 2.75) is 12.8 Å². The lowest BCUT2D eigenvalue weighted by molar-refractivity contribution is -0.116. The van der Waals surface area contributed by atoms with Gasteiger partial charge in [-0.1, -0.05) is 0 Å². The summed E-state index contributed by atoms with van der Waals surface area (Å²) < 4.78 is 10.2. The lowest BCUT2D eigenvalue weighted by atomic mass is 10.2. The van der Waals surface area contributed by atoms with E-state index in [0.29, 0.717) is 36.5 Å². The summed E-state index contributed by atoms with van der Waals surface area (Å²) in [5, 5.41) is 5.44. The molecule has 0 aliphatic rings. The summed E-state index contributed by atoms with van der Waals surface area (Å²) in [6.07, 6.45) is 2.34. The van der Waals surface area contributed by atoms with E-state index in [-0.39, 0.29) is 17.6 Å². The third-order valence-electron chi connectivity index (χ3n) is 3.08. The Morgan fingerprint density at radius 1 is 1.26 bits per heavy atom. The highest BCUT2D eigenvalue weighted by Gasteiger charge is 2.12. The Balaban J connectivity index is 2.11. The van der Waals surface area contributed by atoms with Gasteiger partial charge in [0, 0.05) is 12.1 Å². The molecular formula is C16H19N3O4. The van der Waals surface area contributed by atoms with E-state index >= 15 is 0 Å². The van der Waals surface area contributed by atoms with E-state index in [4.69, 9.17) is 14.9 Å². The van der Waals surface area contributed by atoms with Crippen molar-refractivity contribution in [1.82, 2.24) is 0 Å². The van der Waals surface area contributed by atoms with Crippen molar-refractivity contribution < 1.29 is 18.7 Å². The molecule has 122 valence electrons. The van der Waals surface area contributed by atoms with Gasteiger partial charge in [-0.15, -0.1) is 0 Å². The number of hydrogen-bond donors (Lipinski definition) is 3. The molecule has 0 unspecified atom stereocenters. The van der Waals surface area contributed by atoms with Crippen LogP contribution in [0.4, 0.5) is 11.4 Å². The molecule has 23 heavy (non-hydrogen) atoms. The predicted molar refractivity (Wildman–Crippen MR) is 86.6 cm³/mol. The van der Waals surface area contributed by atoms with Gasteiger partial charge in [-0.05, 0) is 43.3 Å². The number of furan rings is 1. The molecule has 0 saturated carbocycles. The van der Waals surface area contributed by atoms with Crippen molar-refractivity contribution in [3.8, 4) is 5.75 Å². The van der Waals surface area contributed by atoms with Gasteiger partial charge < -0.3 is 25.5 Å². The van der Waals surface area contributed by atoms with Crippen LogP contribution in [0, 0.1) is 0 Å². The molecule has 1 aromatic carbocycles. The summed E-state index contributed by atoms with van der Waals surface area (Å²) in [5.41, 5.74) is 6.38. The first-order valence-corrected chi connectivity index (χ1v) is 7.17. The summed E-state index contributed by atoms with van der Waals surface area (Å²) in [6, 6.07) is 8.16. The van der Waals surface area contributed by atoms with Gasteiger partial charge in [-0.2, -0.15) is 0 Å². The number of nitrogens with one attached hydrogen (secondary N) is 2. The van der Waals surface area contributed by atoms with Crippen molar-refractivity contribution in [1.29, 1.82) is 0 Å². The Hall–Kier alpha value is -2.80. The van der Waals surface area contributed by atoms with Crippen LogP contribution in [0.25, 0.3) is 0 Å². The maximum atomic E-state index is 12.0. The molecule has 4 N–H and O–H groups in total. The molecule has 7 heteroatoms. The van der Waals surface area contributed by atoms with Crippen molar-refractivity contribution in [3.05, 3.63) is 42.4 Å². The van der Waals surface area contributed by atoms with Crippen LogP contribution in [0.3, 0.4) is 0 Å². The van der Waals surface area contributed by atoms with Crippen molar-refractivity contribution in [2.24, 2.45) is 5.73 Å². The Labute approximate surface area is 133 Å². The molecule has 0 saturated heterocycles. The van der Waals surface area contributed by atoms with Crippen LogP contribution < -0.4 is 21.1 Å². The number of hydrogen-bond acceptors (Lipinski definition) is 5. The van der Waals surface area contributed by atoms with Crippen LogP contribution in [0.15, 0.2) is 41.0 Å².